The summed E-state index contributed by atoms with van der Waals surface area (Å²) in [6, 6.07) is 3.48. The van der Waals surface area contributed by atoms with Crippen molar-refractivity contribution in [3.8, 4) is 0 Å². The molecule has 0 radical (unpaired) electrons. The summed E-state index contributed by atoms with van der Waals surface area (Å²) < 4.78 is 45.2. The van der Waals surface area contributed by atoms with Crippen molar-refractivity contribution in [3.63, 3.8) is 0 Å². The molecule has 8 heteroatoms. The number of carboxylic acid groups (broad SMARTS) is 1. The Morgan fingerprint density at radius 3 is 2.75 bits per heavy atom. The first-order chi connectivity index (χ1) is 11.2. The highest BCUT2D eigenvalue weighted by molar-refractivity contribution is 7.89. The maximum Gasteiger partial charge on any atom is 0.311 e. The molecule has 24 heavy (non-hydrogen) atoms. The minimum absolute atomic E-state index is 0.0110. The number of nitrogens with zero attached hydrogens (tertiary/aromatic N) is 1. The Morgan fingerprint density at radius 1 is 1.46 bits per heavy atom. The Balaban J connectivity index is 2.34. The van der Waals surface area contributed by atoms with Crippen molar-refractivity contribution in [1.82, 2.24) is 4.31 Å². The van der Waals surface area contributed by atoms with Gasteiger partial charge in [0.05, 0.1) is 10.3 Å². The number of benzene rings is 1. The summed E-state index contributed by atoms with van der Waals surface area (Å²) in [5.41, 5.74) is -0.853. The van der Waals surface area contributed by atoms with Crippen LogP contribution in [-0.2, 0) is 19.6 Å². The lowest BCUT2D eigenvalue weighted by molar-refractivity contribution is -0.152. The van der Waals surface area contributed by atoms with E-state index >= 15 is 0 Å². The zero-order valence-electron chi connectivity index (χ0n) is 13.8. The summed E-state index contributed by atoms with van der Waals surface area (Å²) in [7, 11) is -2.40. The predicted octanol–water partition coefficient (Wildman–Crippen LogP) is 2.03. The first kappa shape index (κ1) is 18.8. The minimum Gasteiger partial charge on any atom is -0.481 e. The maximum absolute atomic E-state index is 13.2. The van der Waals surface area contributed by atoms with Gasteiger partial charge in [-0.1, -0.05) is 0 Å². The molecule has 0 aliphatic carbocycles. The number of methoxy groups -OCH3 is 1. The number of aliphatic carboxylic acids is 1. The zero-order chi connectivity index (χ0) is 18.0. The molecule has 6 nitrogen and oxygen atoms in total. The monoisotopic (exact) mass is 359 g/mol. The third-order valence-corrected chi connectivity index (χ3v) is 6.54. The maximum atomic E-state index is 13.2. The average molecular weight is 359 g/mol. The molecule has 1 atom stereocenters. The predicted molar refractivity (Wildman–Crippen MR) is 85.7 cm³/mol. The van der Waals surface area contributed by atoms with Crippen LogP contribution in [0.1, 0.15) is 24.8 Å². The van der Waals surface area contributed by atoms with Gasteiger partial charge in [0.25, 0.3) is 0 Å². The molecule has 0 aromatic heterocycles. The molecule has 1 aromatic rings. The van der Waals surface area contributed by atoms with Crippen molar-refractivity contribution in [1.29, 1.82) is 0 Å². The van der Waals surface area contributed by atoms with Gasteiger partial charge in [-0.3, -0.25) is 4.79 Å². The summed E-state index contributed by atoms with van der Waals surface area (Å²) in [4.78, 5) is 11.8. The van der Waals surface area contributed by atoms with E-state index < -0.39 is 27.2 Å². The summed E-state index contributed by atoms with van der Waals surface area (Å²) in [6.45, 7) is 1.91. The second-order valence-electron chi connectivity index (χ2n) is 6.18. The number of carbonyl (C=O) groups is 1. The van der Waals surface area contributed by atoms with Gasteiger partial charge in [0.15, 0.2) is 0 Å². The van der Waals surface area contributed by atoms with Crippen LogP contribution in [0.5, 0.6) is 0 Å². The van der Waals surface area contributed by atoms with Gasteiger partial charge < -0.3 is 9.84 Å². The van der Waals surface area contributed by atoms with Crippen LogP contribution in [0.4, 0.5) is 4.39 Å². The lowest BCUT2D eigenvalue weighted by atomic mass is 9.78. The number of piperidine rings is 1. The fourth-order valence-corrected chi connectivity index (χ4v) is 4.89. The van der Waals surface area contributed by atoms with Crippen LogP contribution in [0.2, 0.25) is 0 Å². The van der Waals surface area contributed by atoms with E-state index in [1.54, 1.807) is 0 Å². The lowest BCUT2D eigenvalue weighted by Crippen LogP contribution is -2.50. The Bertz CT molecular complexity index is 721. The molecule has 1 unspecified atom stereocenters. The van der Waals surface area contributed by atoms with E-state index in [4.69, 9.17) is 4.74 Å². The van der Waals surface area contributed by atoms with Gasteiger partial charge in [0, 0.05) is 26.8 Å². The molecule has 1 aliphatic heterocycles. The van der Waals surface area contributed by atoms with Gasteiger partial charge in [-0.05, 0) is 49.9 Å². The molecular weight excluding hydrogens is 337 g/mol. The SMILES string of the molecule is COCCC1(C(=O)O)CCCN(S(=O)(=O)c2ccc(F)cc2C)C1. The largest absolute Gasteiger partial charge is 0.481 e. The number of rotatable bonds is 6. The fourth-order valence-electron chi connectivity index (χ4n) is 3.12. The first-order valence-corrected chi connectivity index (χ1v) is 9.15. The quantitative estimate of drug-likeness (QED) is 0.840. The smallest absolute Gasteiger partial charge is 0.311 e. The Kier molecular flexibility index (Phi) is 5.62. The number of ether oxygens (including phenoxy) is 1. The molecule has 1 aromatic carbocycles. The van der Waals surface area contributed by atoms with Crippen LogP contribution in [-0.4, -0.2) is 50.6 Å². The molecule has 1 heterocycles. The number of halogens is 1. The Labute approximate surface area is 141 Å². The molecule has 1 fully saturated rings. The molecule has 2 rings (SSSR count). The molecule has 0 amide bonds. The molecule has 1 aliphatic rings. The van der Waals surface area contributed by atoms with Crippen LogP contribution in [0.3, 0.4) is 0 Å². The molecule has 0 bridgehead atoms. The van der Waals surface area contributed by atoms with Crippen LogP contribution in [0.15, 0.2) is 23.1 Å². The second kappa shape index (κ2) is 7.16. The molecule has 134 valence electrons. The van der Waals surface area contributed by atoms with Gasteiger partial charge in [0.1, 0.15) is 5.82 Å². The second-order valence-corrected chi connectivity index (χ2v) is 8.09. The van der Waals surface area contributed by atoms with Crippen molar-refractivity contribution in [2.75, 3.05) is 26.8 Å². The number of aryl methyl sites for hydroxylation is 1. The summed E-state index contributed by atoms with van der Waals surface area (Å²) in [6.07, 6.45) is 1.10. The average Bonchev–Trinajstić information content (AvgIpc) is 2.52. The van der Waals surface area contributed by atoms with Crippen LogP contribution >= 0.6 is 0 Å². The first-order valence-electron chi connectivity index (χ1n) is 7.71. The normalized spacial score (nSPS) is 22.5. The number of hydrogen-bond acceptors (Lipinski definition) is 4. The third kappa shape index (κ3) is 3.60. The van der Waals surface area contributed by atoms with Crippen molar-refractivity contribution in [2.45, 2.75) is 31.1 Å². The van der Waals surface area contributed by atoms with Crippen molar-refractivity contribution in [2.24, 2.45) is 5.41 Å². The standard InChI is InChI=1S/C16H22FNO5S/c1-12-10-13(17)4-5-14(12)24(21,22)18-8-3-6-16(11-18,15(19)20)7-9-23-2/h4-5,10H,3,6-9,11H2,1-2H3,(H,19,20). The van der Waals surface area contributed by atoms with E-state index in [-0.39, 0.29) is 31.0 Å². The Hall–Kier alpha value is -1.51. The van der Waals surface area contributed by atoms with Gasteiger partial charge in [-0.2, -0.15) is 4.31 Å². The van der Waals surface area contributed by atoms with Crippen molar-refractivity contribution < 1.29 is 27.4 Å². The fraction of sp³-hybridized carbons (Fsp3) is 0.562. The van der Waals surface area contributed by atoms with Crippen LogP contribution in [0, 0.1) is 18.2 Å². The van der Waals surface area contributed by atoms with Crippen LogP contribution in [0.25, 0.3) is 0 Å². The van der Waals surface area contributed by atoms with Crippen LogP contribution < -0.4 is 0 Å². The Morgan fingerprint density at radius 2 is 2.17 bits per heavy atom. The van der Waals surface area contributed by atoms with E-state index in [1.165, 1.54) is 24.4 Å². The van der Waals surface area contributed by atoms with E-state index in [2.05, 4.69) is 0 Å². The van der Waals surface area contributed by atoms with Gasteiger partial charge in [-0.15, -0.1) is 0 Å². The molecule has 0 spiro atoms. The minimum atomic E-state index is -3.88. The van der Waals surface area contributed by atoms with E-state index in [0.717, 1.165) is 12.1 Å². The highest BCUT2D eigenvalue weighted by Crippen LogP contribution is 2.36. The number of sulfonamides is 1. The van der Waals surface area contributed by atoms with Crippen molar-refractivity contribution in [3.05, 3.63) is 29.6 Å². The lowest BCUT2D eigenvalue weighted by Gasteiger charge is -2.39. The van der Waals surface area contributed by atoms with E-state index in [1.807, 2.05) is 0 Å². The molecule has 1 N–H and O–H groups in total. The topological polar surface area (TPSA) is 83.9 Å². The highest BCUT2D eigenvalue weighted by Gasteiger charge is 2.45. The number of carboxylic acids is 1. The highest BCUT2D eigenvalue weighted by atomic mass is 32.2. The zero-order valence-corrected chi connectivity index (χ0v) is 14.6. The summed E-state index contributed by atoms with van der Waals surface area (Å²) in [5.74, 6) is -1.53. The molecule has 1 saturated heterocycles. The van der Waals surface area contributed by atoms with Gasteiger partial charge in [-0.25, -0.2) is 12.8 Å². The third-order valence-electron chi connectivity index (χ3n) is 4.54. The van der Waals surface area contributed by atoms with Gasteiger partial charge >= 0.3 is 5.97 Å². The number of hydrogen-bond donors (Lipinski definition) is 1. The summed E-state index contributed by atoms with van der Waals surface area (Å²) >= 11 is 0. The van der Waals surface area contributed by atoms with E-state index in [0.29, 0.717) is 18.4 Å². The van der Waals surface area contributed by atoms with E-state index in [9.17, 15) is 22.7 Å². The molecule has 0 saturated carbocycles. The van der Waals surface area contributed by atoms with Gasteiger partial charge in [0.2, 0.25) is 10.0 Å². The van der Waals surface area contributed by atoms with Crippen molar-refractivity contribution >= 4 is 16.0 Å². The molecular formula is C16H22FNO5S. The summed E-state index contributed by atoms with van der Waals surface area (Å²) in [5, 5.41) is 9.63.